The first-order chi connectivity index (χ1) is 6.36. The summed E-state index contributed by atoms with van der Waals surface area (Å²) in [5.74, 6) is 0. The molecule has 1 saturated heterocycles. The normalized spacial score (nSPS) is 23.0. The molecule has 1 aliphatic rings. The second-order valence-corrected chi connectivity index (χ2v) is 3.61. The molecule has 1 unspecified atom stereocenters. The van der Waals surface area contributed by atoms with Gasteiger partial charge in [0.05, 0.1) is 11.8 Å². The number of pyridine rings is 1. The van der Waals surface area contributed by atoms with Crippen molar-refractivity contribution in [3.05, 3.63) is 29.6 Å². The van der Waals surface area contributed by atoms with E-state index in [2.05, 4.69) is 18.0 Å². The predicted octanol–water partition coefficient (Wildman–Crippen LogP) is 2.63. The van der Waals surface area contributed by atoms with Gasteiger partial charge in [-0.3, -0.25) is 4.98 Å². The van der Waals surface area contributed by atoms with Gasteiger partial charge in [0, 0.05) is 12.8 Å². The van der Waals surface area contributed by atoms with Crippen LogP contribution in [0, 0.1) is 6.92 Å². The molecule has 2 heterocycles. The van der Waals surface area contributed by atoms with Crippen molar-refractivity contribution in [2.45, 2.75) is 32.3 Å². The molecule has 1 aromatic rings. The minimum absolute atomic E-state index is 0.244. The summed E-state index contributed by atoms with van der Waals surface area (Å²) in [6, 6.07) is 4.14. The zero-order valence-electron chi connectivity index (χ0n) is 7.99. The molecule has 0 bridgehead atoms. The Kier molecular flexibility index (Phi) is 2.60. The maximum Gasteiger partial charge on any atom is 0.0994 e. The van der Waals surface area contributed by atoms with Crippen LogP contribution in [0.5, 0.6) is 0 Å². The van der Waals surface area contributed by atoms with Crippen LogP contribution in [0.3, 0.4) is 0 Å². The fourth-order valence-corrected chi connectivity index (χ4v) is 1.71. The maximum atomic E-state index is 5.66. The van der Waals surface area contributed by atoms with E-state index < -0.39 is 0 Å². The van der Waals surface area contributed by atoms with Crippen molar-refractivity contribution in [2.24, 2.45) is 0 Å². The van der Waals surface area contributed by atoms with Crippen molar-refractivity contribution in [1.29, 1.82) is 0 Å². The van der Waals surface area contributed by atoms with Crippen molar-refractivity contribution in [3.63, 3.8) is 0 Å². The topological polar surface area (TPSA) is 22.1 Å². The summed E-state index contributed by atoms with van der Waals surface area (Å²) in [5, 5.41) is 0. The summed E-state index contributed by atoms with van der Waals surface area (Å²) in [6.45, 7) is 2.98. The minimum atomic E-state index is 0.244. The predicted molar refractivity (Wildman–Crippen MR) is 51.5 cm³/mol. The van der Waals surface area contributed by atoms with E-state index in [4.69, 9.17) is 4.74 Å². The lowest BCUT2D eigenvalue weighted by atomic mass is 10.0. The van der Waals surface area contributed by atoms with E-state index in [1.165, 1.54) is 18.4 Å². The van der Waals surface area contributed by atoms with Gasteiger partial charge in [-0.1, -0.05) is 0 Å². The van der Waals surface area contributed by atoms with Gasteiger partial charge in [0.1, 0.15) is 0 Å². The first-order valence-electron chi connectivity index (χ1n) is 4.90. The summed E-state index contributed by atoms with van der Waals surface area (Å²) >= 11 is 0. The SMILES string of the molecule is Cc1ccnc(C2CCCCO2)c1. The second kappa shape index (κ2) is 3.88. The molecule has 2 heteroatoms. The number of aromatic nitrogens is 1. The lowest BCUT2D eigenvalue weighted by Crippen LogP contribution is -2.12. The summed E-state index contributed by atoms with van der Waals surface area (Å²) in [7, 11) is 0. The molecule has 0 aliphatic carbocycles. The van der Waals surface area contributed by atoms with Crippen LogP contribution in [0.1, 0.15) is 36.6 Å². The molecule has 0 saturated carbocycles. The molecule has 0 aromatic carbocycles. The third-order valence-electron chi connectivity index (χ3n) is 2.45. The molecule has 0 N–H and O–H groups in total. The second-order valence-electron chi connectivity index (χ2n) is 3.61. The highest BCUT2D eigenvalue weighted by atomic mass is 16.5. The molecule has 1 aromatic heterocycles. The average molecular weight is 177 g/mol. The number of rotatable bonds is 1. The van der Waals surface area contributed by atoms with Crippen molar-refractivity contribution in [3.8, 4) is 0 Å². The van der Waals surface area contributed by atoms with E-state index in [0.29, 0.717) is 0 Å². The molecule has 1 fully saturated rings. The average Bonchev–Trinajstić information content (AvgIpc) is 2.19. The van der Waals surface area contributed by atoms with Crippen molar-refractivity contribution in [2.75, 3.05) is 6.61 Å². The van der Waals surface area contributed by atoms with Gasteiger partial charge in [0.2, 0.25) is 0 Å². The van der Waals surface area contributed by atoms with E-state index in [1.54, 1.807) is 0 Å². The van der Waals surface area contributed by atoms with Crippen LogP contribution in [-0.2, 0) is 4.74 Å². The Hall–Kier alpha value is -0.890. The lowest BCUT2D eigenvalue weighted by molar-refractivity contribution is 0.0123. The van der Waals surface area contributed by atoms with Gasteiger partial charge in [-0.25, -0.2) is 0 Å². The van der Waals surface area contributed by atoms with Crippen LogP contribution in [0.25, 0.3) is 0 Å². The quantitative estimate of drug-likeness (QED) is 0.658. The van der Waals surface area contributed by atoms with Crippen LogP contribution in [0.15, 0.2) is 18.3 Å². The third-order valence-corrected chi connectivity index (χ3v) is 2.45. The van der Waals surface area contributed by atoms with Gasteiger partial charge in [0.25, 0.3) is 0 Å². The van der Waals surface area contributed by atoms with E-state index in [1.807, 2.05) is 12.3 Å². The minimum Gasteiger partial charge on any atom is -0.372 e. The van der Waals surface area contributed by atoms with Crippen molar-refractivity contribution >= 4 is 0 Å². The van der Waals surface area contributed by atoms with Gasteiger partial charge < -0.3 is 4.74 Å². The van der Waals surface area contributed by atoms with Crippen molar-refractivity contribution in [1.82, 2.24) is 4.98 Å². The summed E-state index contributed by atoms with van der Waals surface area (Å²) in [5.41, 5.74) is 2.36. The molecule has 2 nitrogen and oxygen atoms in total. The molecule has 0 amide bonds. The Labute approximate surface area is 78.9 Å². The fourth-order valence-electron chi connectivity index (χ4n) is 1.71. The highest BCUT2D eigenvalue weighted by Crippen LogP contribution is 2.26. The van der Waals surface area contributed by atoms with E-state index in [9.17, 15) is 0 Å². The number of hydrogen-bond acceptors (Lipinski definition) is 2. The molecule has 0 spiro atoms. The van der Waals surface area contributed by atoms with Crippen LogP contribution in [0.4, 0.5) is 0 Å². The standard InChI is InChI=1S/C11H15NO/c1-9-5-6-12-10(8-9)11-4-2-3-7-13-11/h5-6,8,11H,2-4,7H2,1H3. The van der Waals surface area contributed by atoms with Gasteiger partial charge in [-0.2, -0.15) is 0 Å². The molecule has 13 heavy (non-hydrogen) atoms. The number of hydrogen-bond donors (Lipinski definition) is 0. The summed E-state index contributed by atoms with van der Waals surface area (Å²) < 4.78 is 5.66. The zero-order valence-corrected chi connectivity index (χ0v) is 7.99. The highest BCUT2D eigenvalue weighted by molar-refractivity contribution is 5.16. The highest BCUT2D eigenvalue weighted by Gasteiger charge is 2.16. The molecular weight excluding hydrogens is 162 g/mol. The Balaban J connectivity index is 2.14. The van der Waals surface area contributed by atoms with E-state index >= 15 is 0 Å². The van der Waals surface area contributed by atoms with E-state index in [-0.39, 0.29) is 6.10 Å². The Morgan fingerprint density at radius 2 is 2.38 bits per heavy atom. The largest absolute Gasteiger partial charge is 0.372 e. The van der Waals surface area contributed by atoms with Gasteiger partial charge in [0.15, 0.2) is 0 Å². The smallest absolute Gasteiger partial charge is 0.0994 e. The third kappa shape index (κ3) is 2.07. The fraction of sp³-hybridized carbons (Fsp3) is 0.545. The van der Waals surface area contributed by atoms with Gasteiger partial charge in [-0.05, 0) is 43.9 Å². The van der Waals surface area contributed by atoms with Crippen LogP contribution < -0.4 is 0 Å². The molecular formula is C11H15NO. The summed E-state index contributed by atoms with van der Waals surface area (Å²) in [6.07, 6.45) is 5.69. The first kappa shape index (κ1) is 8.70. The van der Waals surface area contributed by atoms with Crippen LogP contribution in [0.2, 0.25) is 0 Å². The number of nitrogens with zero attached hydrogens (tertiary/aromatic N) is 1. The summed E-state index contributed by atoms with van der Waals surface area (Å²) in [4.78, 5) is 4.34. The van der Waals surface area contributed by atoms with Gasteiger partial charge >= 0.3 is 0 Å². The number of ether oxygens (including phenoxy) is 1. The molecule has 1 aliphatic heterocycles. The monoisotopic (exact) mass is 177 g/mol. The Bertz CT molecular complexity index is 279. The van der Waals surface area contributed by atoms with Gasteiger partial charge in [-0.15, -0.1) is 0 Å². The van der Waals surface area contributed by atoms with Crippen LogP contribution in [-0.4, -0.2) is 11.6 Å². The van der Waals surface area contributed by atoms with Crippen LogP contribution >= 0.6 is 0 Å². The molecule has 70 valence electrons. The Morgan fingerprint density at radius 1 is 1.46 bits per heavy atom. The molecule has 2 rings (SSSR count). The molecule has 0 radical (unpaired) electrons. The lowest BCUT2D eigenvalue weighted by Gasteiger charge is -2.22. The maximum absolute atomic E-state index is 5.66. The van der Waals surface area contributed by atoms with Crippen molar-refractivity contribution < 1.29 is 4.74 Å². The van der Waals surface area contributed by atoms with E-state index in [0.717, 1.165) is 18.7 Å². The molecule has 1 atom stereocenters. The first-order valence-corrected chi connectivity index (χ1v) is 4.90. The zero-order chi connectivity index (χ0) is 9.10. The number of aryl methyl sites for hydroxylation is 1. The Morgan fingerprint density at radius 3 is 3.08 bits per heavy atom.